The molecule has 0 unspecified atom stereocenters. The highest BCUT2D eigenvalue weighted by atomic mass is 16.5. The third-order valence-electron chi connectivity index (χ3n) is 3.04. The zero-order chi connectivity index (χ0) is 15.1. The van der Waals surface area contributed by atoms with Gasteiger partial charge in [0.2, 0.25) is 11.8 Å². The first-order valence-electron chi connectivity index (χ1n) is 6.86. The molecule has 5 nitrogen and oxygen atoms in total. The Morgan fingerprint density at radius 1 is 1.24 bits per heavy atom. The molecular formula is C16H17NO4. The summed E-state index contributed by atoms with van der Waals surface area (Å²) in [6, 6.07) is 7.26. The normalized spacial score (nSPS) is 14.0. The summed E-state index contributed by atoms with van der Waals surface area (Å²) in [4.78, 5) is 24.1. The number of hydrogen-bond donors (Lipinski definition) is 1. The van der Waals surface area contributed by atoms with E-state index in [1.807, 2.05) is 12.1 Å². The van der Waals surface area contributed by atoms with E-state index in [1.54, 1.807) is 12.1 Å². The van der Waals surface area contributed by atoms with Crippen molar-refractivity contribution in [2.75, 3.05) is 19.8 Å². The van der Waals surface area contributed by atoms with Crippen LogP contribution in [-0.2, 0) is 9.59 Å². The van der Waals surface area contributed by atoms with Gasteiger partial charge in [0, 0.05) is 24.8 Å². The van der Waals surface area contributed by atoms with Gasteiger partial charge in [-0.25, -0.2) is 0 Å². The van der Waals surface area contributed by atoms with Crippen molar-refractivity contribution in [3.05, 3.63) is 29.8 Å². The van der Waals surface area contributed by atoms with E-state index in [0.29, 0.717) is 25.0 Å². The van der Waals surface area contributed by atoms with Crippen LogP contribution in [0.3, 0.4) is 0 Å². The Hall–Kier alpha value is -2.32. The van der Waals surface area contributed by atoms with Gasteiger partial charge in [0.1, 0.15) is 12.4 Å². The first-order valence-corrected chi connectivity index (χ1v) is 6.86. The van der Waals surface area contributed by atoms with Gasteiger partial charge >= 0.3 is 0 Å². The number of ether oxygens (including phenoxy) is 1. The lowest BCUT2D eigenvalue weighted by Gasteiger charge is -2.14. The zero-order valence-electron chi connectivity index (χ0n) is 11.7. The molecule has 1 aliphatic rings. The van der Waals surface area contributed by atoms with E-state index in [2.05, 4.69) is 11.8 Å². The molecule has 0 aromatic heterocycles. The second-order valence-electron chi connectivity index (χ2n) is 4.59. The number of carbonyl (C=O) groups is 2. The first kappa shape index (κ1) is 15.1. The highest BCUT2D eigenvalue weighted by molar-refractivity contribution is 6.01. The van der Waals surface area contributed by atoms with Gasteiger partial charge in [-0.15, -0.1) is 0 Å². The predicted molar refractivity (Wildman–Crippen MR) is 76.5 cm³/mol. The smallest absolute Gasteiger partial charge is 0.229 e. The number of nitrogens with zero attached hydrogens (tertiary/aromatic N) is 1. The summed E-state index contributed by atoms with van der Waals surface area (Å²) in [5.74, 6) is 6.14. The first-order chi connectivity index (χ1) is 10.2. The number of carbonyl (C=O) groups excluding carboxylic acids is 2. The molecule has 2 amide bonds. The Kier molecular flexibility index (Phi) is 5.35. The maximum atomic E-state index is 11.4. The van der Waals surface area contributed by atoms with Crippen molar-refractivity contribution in [3.63, 3.8) is 0 Å². The van der Waals surface area contributed by atoms with Gasteiger partial charge in [-0.1, -0.05) is 17.9 Å². The Bertz CT molecular complexity index is 569. The summed E-state index contributed by atoms with van der Waals surface area (Å²) in [5, 5.41) is 8.67. The van der Waals surface area contributed by atoms with Crippen LogP contribution in [-0.4, -0.2) is 41.6 Å². The summed E-state index contributed by atoms with van der Waals surface area (Å²) < 4.78 is 5.55. The van der Waals surface area contributed by atoms with Crippen LogP contribution in [0.4, 0.5) is 0 Å². The van der Waals surface area contributed by atoms with Crippen LogP contribution < -0.4 is 4.74 Å². The van der Waals surface area contributed by atoms with Gasteiger partial charge in [0.15, 0.2) is 0 Å². The van der Waals surface area contributed by atoms with E-state index in [4.69, 9.17) is 9.84 Å². The molecule has 1 N–H and O–H groups in total. The molecule has 1 fully saturated rings. The van der Waals surface area contributed by atoms with E-state index in [-0.39, 0.29) is 31.6 Å². The third kappa shape index (κ3) is 4.33. The van der Waals surface area contributed by atoms with Gasteiger partial charge < -0.3 is 9.84 Å². The number of aliphatic hydroxyl groups is 1. The highest BCUT2D eigenvalue weighted by Crippen LogP contribution is 2.14. The van der Waals surface area contributed by atoms with Crippen molar-refractivity contribution in [3.8, 4) is 17.6 Å². The summed E-state index contributed by atoms with van der Waals surface area (Å²) in [7, 11) is 0. The molecule has 0 saturated carbocycles. The third-order valence-corrected chi connectivity index (χ3v) is 3.04. The van der Waals surface area contributed by atoms with E-state index in [9.17, 15) is 9.59 Å². The van der Waals surface area contributed by atoms with Crippen LogP contribution in [0.5, 0.6) is 5.75 Å². The average Bonchev–Trinajstić information content (AvgIpc) is 2.80. The predicted octanol–water partition coefficient (Wildman–Crippen LogP) is 0.948. The largest absolute Gasteiger partial charge is 0.492 e. The fourth-order valence-corrected chi connectivity index (χ4v) is 2.01. The van der Waals surface area contributed by atoms with Crippen LogP contribution in [0.2, 0.25) is 0 Å². The number of hydrogen-bond acceptors (Lipinski definition) is 4. The standard InChI is InChI=1S/C16H17NO4/c18-10-2-1-4-13-5-3-6-14(12-13)21-11-9-17-15(19)7-8-16(17)20/h3,5-6,12,18H,2,7-11H2. The molecule has 2 rings (SSSR count). The van der Waals surface area contributed by atoms with Gasteiger partial charge in [0.05, 0.1) is 13.2 Å². The Labute approximate surface area is 123 Å². The summed E-state index contributed by atoms with van der Waals surface area (Å²) in [5.41, 5.74) is 0.800. The minimum Gasteiger partial charge on any atom is -0.492 e. The number of amides is 2. The number of rotatable bonds is 5. The molecule has 1 heterocycles. The molecule has 110 valence electrons. The van der Waals surface area contributed by atoms with Crippen molar-refractivity contribution in [2.45, 2.75) is 19.3 Å². The van der Waals surface area contributed by atoms with E-state index in [0.717, 1.165) is 5.56 Å². The van der Waals surface area contributed by atoms with E-state index >= 15 is 0 Å². The Morgan fingerprint density at radius 2 is 2.00 bits per heavy atom. The molecule has 1 saturated heterocycles. The maximum Gasteiger partial charge on any atom is 0.229 e. The second kappa shape index (κ2) is 7.46. The van der Waals surface area contributed by atoms with Crippen molar-refractivity contribution >= 4 is 11.8 Å². The Morgan fingerprint density at radius 3 is 2.71 bits per heavy atom. The summed E-state index contributed by atoms with van der Waals surface area (Å²) in [6.07, 6.45) is 1.04. The lowest BCUT2D eigenvalue weighted by atomic mass is 10.2. The molecule has 1 aromatic carbocycles. The molecule has 0 aliphatic carbocycles. The molecule has 0 spiro atoms. The van der Waals surface area contributed by atoms with Gasteiger partial charge in [0.25, 0.3) is 0 Å². The van der Waals surface area contributed by atoms with Crippen molar-refractivity contribution in [1.29, 1.82) is 0 Å². The molecule has 0 bridgehead atoms. The summed E-state index contributed by atoms with van der Waals surface area (Å²) in [6.45, 7) is 0.587. The van der Waals surface area contributed by atoms with Crippen LogP contribution >= 0.6 is 0 Å². The van der Waals surface area contributed by atoms with E-state index < -0.39 is 0 Å². The van der Waals surface area contributed by atoms with Gasteiger partial charge in [-0.3, -0.25) is 14.5 Å². The van der Waals surface area contributed by atoms with Crippen LogP contribution in [0.1, 0.15) is 24.8 Å². The molecule has 1 aromatic rings. The average molecular weight is 287 g/mol. The summed E-state index contributed by atoms with van der Waals surface area (Å²) >= 11 is 0. The monoisotopic (exact) mass is 287 g/mol. The second-order valence-corrected chi connectivity index (χ2v) is 4.59. The van der Waals surface area contributed by atoms with E-state index in [1.165, 1.54) is 4.90 Å². The molecule has 21 heavy (non-hydrogen) atoms. The number of imide groups is 1. The zero-order valence-corrected chi connectivity index (χ0v) is 11.7. The number of likely N-dealkylation sites (tertiary alicyclic amines) is 1. The number of benzene rings is 1. The molecule has 0 atom stereocenters. The molecule has 1 aliphatic heterocycles. The minimum atomic E-state index is -0.132. The van der Waals surface area contributed by atoms with Gasteiger partial charge in [-0.2, -0.15) is 0 Å². The lowest BCUT2D eigenvalue weighted by molar-refractivity contribution is -0.138. The fraction of sp³-hybridized carbons (Fsp3) is 0.375. The van der Waals surface area contributed by atoms with Gasteiger partial charge in [-0.05, 0) is 18.2 Å². The topological polar surface area (TPSA) is 66.8 Å². The highest BCUT2D eigenvalue weighted by Gasteiger charge is 2.28. The molecular weight excluding hydrogens is 270 g/mol. The quantitative estimate of drug-likeness (QED) is 0.647. The van der Waals surface area contributed by atoms with Crippen molar-refractivity contribution in [2.24, 2.45) is 0 Å². The lowest BCUT2D eigenvalue weighted by Crippen LogP contribution is -2.33. The Balaban J connectivity index is 1.86. The minimum absolute atomic E-state index is 0.0427. The SMILES string of the molecule is O=C1CCC(=O)N1CCOc1cccc(C#CCCO)c1. The maximum absolute atomic E-state index is 11.4. The molecule has 5 heteroatoms. The molecule has 0 radical (unpaired) electrons. The van der Waals surface area contributed by atoms with Crippen LogP contribution in [0.15, 0.2) is 24.3 Å². The van der Waals surface area contributed by atoms with Crippen LogP contribution in [0, 0.1) is 11.8 Å². The van der Waals surface area contributed by atoms with Crippen LogP contribution in [0.25, 0.3) is 0 Å². The fourth-order valence-electron chi connectivity index (χ4n) is 2.01. The van der Waals surface area contributed by atoms with Crippen molar-refractivity contribution in [1.82, 2.24) is 4.90 Å². The number of aliphatic hydroxyl groups excluding tert-OH is 1. The van der Waals surface area contributed by atoms with Crippen molar-refractivity contribution < 1.29 is 19.4 Å².